The van der Waals surface area contributed by atoms with Crippen molar-refractivity contribution in [2.45, 2.75) is 6.92 Å². The lowest BCUT2D eigenvalue weighted by atomic mass is 10.2. The number of ether oxygens (including phenoxy) is 3. The maximum absolute atomic E-state index is 13.0. The molecule has 0 spiro atoms. The molecule has 0 unspecified atom stereocenters. The van der Waals surface area contributed by atoms with E-state index in [4.69, 9.17) is 19.2 Å². The number of rotatable bonds is 6. The second kappa shape index (κ2) is 9.25. The van der Waals surface area contributed by atoms with E-state index in [9.17, 15) is 4.79 Å². The third kappa shape index (κ3) is 4.63. The molecule has 1 amide bonds. The molecule has 1 aromatic heterocycles. The fraction of sp³-hybridized carbons (Fsp3) is 0.444. The van der Waals surface area contributed by atoms with Gasteiger partial charge in [-0.25, -0.2) is 4.98 Å². The van der Waals surface area contributed by atoms with Gasteiger partial charge in [0.05, 0.1) is 11.8 Å². The lowest BCUT2D eigenvalue weighted by Gasteiger charge is -2.24. The molecule has 1 aromatic carbocycles. The molecule has 0 N–H and O–H groups in total. The van der Waals surface area contributed by atoms with Gasteiger partial charge >= 0.3 is 0 Å². The van der Waals surface area contributed by atoms with Crippen LogP contribution in [0.15, 0.2) is 24.2 Å². The summed E-state index contributed by atoms with van der Waals surface area (Å²) >= 11 is 1.48. The van der Waals surface area contributed by atoms with E-state index in [1.165, 1.54) is 17.6 Å². The van der Waals surface area contributed by atoms with Gasteiger partial charge in [0.2, 0.25) is 5.76 Å². The summed E-state index contributed by atoms with van der Waals surface area (Å²) in [7, 11) is 5.55. The van der Waals surface area contributed by atoms with Crippen LogP contribution in [0.3, 0.4) is 0 Å². The van der Waals surface area contributed by atoms with Crippen molar-refractivity contribution in [1.29, 1.82) is 0 Å². The second-order valence-corrected chi connectivity index (χ2v) is 7.20. The quantitative estimate of drug-likeness (QED) is 0.725. The standard InChI is InChI=1S/C18H23N3O4S.ClH/c1-12-5-6-13(23-4)15-16(12)26-18(19-15)21(8-7-20(2)3)17(22)14-11-24-9-10-25-14;/h5-6,11H,7-10H2,1-4H3;1H. The van der Waals surface area contributed by atoms with Crippen LogP contribution in [0.25, 0.3) is 10.2 Å². The number of carbonyl (C=O) groups is 1. The highest BCUT2D eigenvalue weighted by atomic mass is 35.5. The van der Waals surface area contributed by atoms with Gasteiger partial charge in [0.25, 0.3) is 5.91 Å². The molecule has 9 heteroatoms. The Balaban J connectivity index is 0.00000261. The number of likely N-dealkylation sites (N-methyl/N-ethyl adjacent to an activating group) is 1. The molecule has 0 bridgehead atoms. The number of aromatic nitrogens is 1. The van der Waals surface area contributed by atoms with Crippen LogP contribution in [0.5, 0.6) is 5.75 Å². The second-order valence-electron chi connectivity index (χ2n) is 6.22. The van der Waals surface area contributed by atoms with Crippen LogP contribution in [0.4, 0.5) is 5.13 Å². The Morgan fingerprint density at radius 1 is 1.30 bits per heavy atom. The number of fused-ring (bicyclic) bond motifs is 1. The normalized spacial score (nSPS) is 13.4. The number of carbonyl (C=O) groups excluding carboxylic acids is 1. The van der Waals surface area contributed by atoms with E-state index < -0.39 is 0 Å². The van der Waals surface area contributed by atoms with Crippen molar-refractivity contribution in [3.8, 4) is 5.75 Å². The van der Waals surface area contributed by atoms with Gasteiger partial charge in [-0.05, 0) is 32.6 Å². The molecule has 3 rings (SSSR count). The van der Waals surface area contributed by atoms with Crippen LogP contribution >= 0.6 is 23.7 Å². The van der Waals surface area contributed by atoms with Crippen molar-refractivity contribution >= 4 is 45.0 Å². The maximum Gasteiger partial charge on any atom is 0.298 e. The van der Waals surface area contributed by atoms with Gasteiger partial charge in [-0.15, -0.1) is 12.4 Å². The fourth-order valence-corrected chi connectivity index (χ4v) is 3.65. The van der Waals surface area contributed by atoms with Crippen molar-refractivity contribution < 1.29 is 19.0 Å². The van der Waals surface area contributed by atoms with Crippen molar-refractivity contribution in [2.75, 3.05) is 52.4 Å². The number of anilines is 1. The molecule has 0 fully saturated rings. The number of thiazole rings is 1. The van der Waals surface area contributed by atoms with Crippen LogP contribution in [0.2, 0.25) is 0 Å². The first kappa shape index (κ1) is 21.3. The summed E-state index contributed by atoms with van der Waals surface area (Å²) < 4.78 is 17.2. The van der Waals surface area contributed by atoms with Crippen LogP contribution in [0.1, 0.15) is 5.56 Å². The van der Waals surface area contributed by atoms with E-state index in [-0.39, 0.29) is 24.1 Å². The molecule has 1 aliphatic rings. The Hall–Kier alpha value is -2.03. The minimum absolute atomic E-state index is 0. The molecule has 0 saturated carbocycles. The Bertz CT molecular complexity index is 837. The zero-order valence-corrected chi connectivity index (χ0v) is 17.5. The van der Waals surface area contributed by atoms with Crippen LogP contribution in [0, 0.1) is 6.92 Å². The van der Waals surface area contributed by atoms with Gasteiger partial charge in [-0.2, -0.15) is 0 Å². The predicted molar refractivity (Wildman–Crippen MR) is 109 cm³/mol. The first-order valence-electron chi connectivity index (χ1n) is 8.36. The molecule has 0 aliphatic carbocycles. The summed E-state index contributed by atoms with van der Waals surface area (Å²) in [5.74, 6) is 0.657. The summed E-state index contributed by atoms with van der Waals surface area (Å²) in [4.78, 5) is 21.4. The van der Waals surface area contributed by atoms with E-state index in [0.717, 1.165) is 15.8 Å². The average Bonchev–Trinajstić information content (AvgIpc) is 3.08. The molecular formula is C18H24ClN3O4S. The van der Waals surface area contributed by atoms with Gasteiger partial charge in [0.1, 0.15) is 30.7 Å². The maximum atomic E-state index is 13.0. The lowest BCUT2D eigenvalue weighted by molar-refractivity contribution is -0.119. The number of benzene rings is 1. The molecule has 27 heavy (non-hydrogen) atoms. The number of methoxy groups -OCH3 is 1. The first-order chi connectivity index (χ1) is 12.5. The number of nitrogens with zero attached hydrogens (tertiary/aromatic N) is 3. The van der Waals surface area contributed by atoms with Crippen LogP contribution in [-0.4, -0.2) is 63.3 Å². The molecular weight excluding hydrogens is 390 g/mol. The molecule has 7 nitrogen and oxygen atoms in total. The summed E-state index contributed by atoms with van der Waals surface area (Å²) in [5.41, 5.74) is 1.87. The highest BCUT2D eigenvalue weighted by Gasteiger charge is 2.27. The van der Waals surface area contributed by atoms with Crippen molar-refractivity contribution in [2.24, 2.45) is 0 Å². The van der Waals surface area contributed by atoms with Crippen LogP contribution < -0.4 is 9.64 Å². The van der Waals surface area contributed by atoms with E-state index in [2.05, 4.69) is 0 Å². The van der Waals surface area contributed by atoms with Gasteiger partial charge in [-0.1, -0.05) is 17.4 Å². The number of amides is 1. The predicted octanol–water partition coefficient (Wildman–Crippen LogP) is 2.82. The summed E-state index contributed by atoms with van der Waals surface area (Å²) in [6.45, 7) is 4.04. The molecule has 0 radical (unpaired) electrons. The van der Waals surface area contributed by atoms with Gasteiger partial charge in [-0.3, -0.25) is 9.69 Å². The van der Waals surface area contributed by atoms with E-state index >= 15 is 0 Å². The summed E-state index contributed by atoms with van der Waals surface area (Å²) in [5, 5.41) is 0.620. The van der Waals surface area contributed by atoms with Crippen molar-refractivity contribution in [1.82, 2.24) is 9.88 Å². The molecule has 0 atom stereocenters. The lowest BCUT2D eigenvalue weighted by Crippen LogP contribution is -2.38. The van der Waals surface area contributed by atoms with Gasteiger partial charge < -0.3 is 19.1 Å². The monoisotopic (exact) mass is 413 g/mol. The smallest absolute Gasteiger partial charge is 0.298 e. The zero-order chi connectivity index (χ0) is 18.7. The number of hydrogen-bond acceptors (Lipinski definition) is 7. The van der Waals surface area contributed by atoms with E-state index in [1.807, 2.05) is 38.1 Å². The van der Waals surface area contributed by atoms with Gasteiger partial charge in [0.15, 0.2) is 5.13 Å². The zero-order valence-electron chi connectivity index (χ0n) is 15.9. The minimum atomic E-state index is -0.248. The Labute approximate surface area is 168 Å². The molecule has 148 valence electrons. The van der Waals surface area contributed by atoms with E-state index in [1.54, 1.807) is 12.0 Å². The molecule has 2 heterocycles. The third-order valence-electron chi connectivity index (χ3n) is 4.02. The summed E-state index contributed by atoms with van der Waals surface area (Å²) in [6, 6.07) is 3.89. The average molecular weight is 414 g/mol. The Morgan fingerprint density at radius 3 is 2.70 bits per heavy atom. The highest BCUT2D eigenvalue weighted by molar-refractivity contribution is 7.22. The minimum Gasteiger partial charge on any atom is -0.494 e. The van der Waals surface area contributed by atoms with Crippen molar-refractivity contribution in [3.63, 3.8) is 0 Å². The van der Waals surface area contributed by atoms with Crippen molar-refractivity contribution in [3.05, 3.63) is 29.7 Å². The molecule has 0 saturated heterocycles. The highest BCUT2D eigenvalue weighted by Crippen LogP contribution is 2.36. The molecule has 2 aromatic rings. The first-order valence-corrected chi connectivity index (χ1v) is 9.18. The Morgan fingerprint density at radius 2 is 2.07 bits per heavy atom. The Kier molecular flexibility index (Phi) is 7.29. The summed E-state index contributed by atoms with van der Waals surface area (Å²) in [6.07, 6.45) is 1.38. The third-order valence-corrected chi connectivity index (χ3v) is 5.23. The number of aryl methyl sites for hydroxylation is 1. The SMILES string of the molecule is COc1ccc(C)c2sc(N(CCN(C)C)C(=O)C3=COCCO3)nc12.Cl. The van der Waals surface area contributed by atoms with Crippen LogP contribution in [-0.2, 0) is 14.3 Å². The number of halogens is 1. The largest absolute Gasteiger partial charge is 0.494 e. The van der Waals surface area contributed by atoms with E-state index in [0.29, 0.717) is 37.2 Å². The number of hydrogen-bond donors (Lipinski definition) is 0. The fourth-order valence-electron chi connectivity index (χ4n) is 2.58. The topological polar surface area (TPSA) is 64.1 Å². The van der Waals surface area contributed by atoms with Gasteiger partial charge in [0, 0.05) is 13.1 Å². The molecule has 1 aliphatic heterocycles.